The summed E-state index contributed by atoms with van der Waals surface area (Å²) in [5.74, 6) is 0.746. The first-order valence-corrected chi connectivity index (χ1v) is 7.94. The van der Waals surface area contributed by atoms with E-state index in [1.807, 2.05) is 62.4 Å². The molecule has 5 nitrogen and oxygen atoms in total. The molecule has 1 N–H and O–H groups in total. The number of hydrogen-bond acceptors (Lipinski definition) is 3. The molecule has 1 atom stereocenters. The first-order valence-electron chi connectivity index (χ1n) is 7.94. The Labute approximate surface area is 141 Å². The van der Waals surface area contributed by atoms with Gasteiger partial charge in [-0.15, -0.1) is 0 Å². The summed E-state index contributed by atoms with van der Waals surface area (Å²) in [6, 6.07) is 15.2. The standard InChI is InChI=1S/C19H21N3O2/c1-13-17-6-4-5-7-18(17)22(21-13)14(2)19(23)20-12-15-8-10-16(24-3)11-9-15/h4-11,14H,12H2,1-3H3,(H,20,23). The highest BCUT2D eigenvalue weighted by Crippen LogP contribution is 2.21. The van der Waals surface area contributed by atoms with Crippen LogP contribution >= 0.6 is 0 Å². The van der Waals surface area contributed by atoms with Crippen LogP contribution in [0.5, 0.6) is 5.75 Å². The van der Waals surface area contributed by atoms with Gasteiger partial charge in [0.25, 0.3) is 0 Å². The summed E-state index contributed by atoms with van der Waals surface area (Å²) in [7, 11) is 1.63. The molecule has 1 amide bonds. The largest absolute Gasteiger partial charge is 0.497 e. The number of nitrogens with one attached hydrogen (secondary N) is 1. The number of aryl methyl sites for hydroxylation is 1. The van der Waals surface area contributed by atoms with Crippen LogP contribution in [0.3, 0.4) is 0 Å². The molecule has 1 unspecified atom stereocenters. The van der Waals surface area contributed by atoms with Crippen LogP contribution in [0, 0.1) is 6.92 Å². The zero-order valence-electron chi connectivity index (χ0n) is 14.1. The normalized spacial score (nSPS) is 12.1. The molecule has 24 heavy (non-hydrogen) atoms. The van der Waals surface area contributed by atoms with Crippen LogP contribution < -0.4 is 10.1 Å². The third kappa shape index (κ3) is 3.11. The maximum Gasteiger partial charge on any atom is 0.244 e. The predicted molar refractivity (Wildman–Crippen MR) is 94.0 cm³/mol. The lowest BCUT2D eigenvalue weighted by Gasteiger charge is -2.14. The Hall–Kier alpha value is -2.82. The number of carbonyl (C=O) groups excluding carboxylic acids is 1. The lowest BCUT2D eigenvalue weighted by molar-refractivity contribution is -0.124. The van der Waals surface area contributed by atoms with E-state index in [1.54, 1.807) is 11.8 Å². The van der Waals surface area contributed by atoms with E-state index >= 15 is 0 Å². The van der Waals surface area contributed by atoms with Gasteiger partial charge in [-0.2, -0.15) is 5.10 Å². The van der Waals surface area contributed by atoms with E-state index in [0.29, 0.717) is 6.54 Å². The van der Waals surface area contributed by atoms with E-state index in [4.69, 9.17) is 4.74 Å². The van der Waals surface area contributed by atoms with Gasteiger partial charge in [0.15, 0.2) is 0 Å². The molecule has 0 saturated carbocycles. The van der Waals surface area contributed by atoms with E-state index in [0.717, 1.165) is 27.9 Å². The zero-order chi connectivity index (χ0) is 17.1. The topological polar surface area (TPSA) is 56.1 Å². The van der Waals surface area contributed by atoms with Crippen LogP contribution in [0.4, 0.5) is 0 Å². The van der Waals surface area contributed by atoms with E-state index in [1.165, 1.54) is 0 Å². The molecule has 0 aliphatic heterocycles. The van der Waals surface area contributed by atoms with Crippen molar-refractivity contribution in [3.05, 3.63) is 59.8 Å². The number of benzene rings is 2. The van der Waals surface area contributed by atoms with Crippen LogP contribution in [-0.2, 0) is 11.3 Å². The molecule has 3 rings (SSSR count). The lowest BCUT2D eigenvalue weighted by atomic mass is 10.2. The highest BCUT2D eigenvalue weighted by atomic mass is 16.5. The number of amides is 1. The summed E-state index contributed by atoms with van der Waals surface area (Å²) in [6.07, 6.45) is 0. The van der Waals surface area contributed by atoms with E-state index in [9.17, 15) is 4.79 Å². The van der Waals surface area contributed by atoms with Gasteiger partial charge in [-0.1, -0.05) is 30.3 Å². The fraction of sp³-hybridized carbons (Fsp3) is 0.263. The maximum atomic E-state index is 12.5. The van der Waals surface area contributed by atoms with E-state index in [2.05, 4.69) is 10.4 Å². The maximum absolute atomic E-state index is 12.5. The quantitative estimate of drug-likeness (QED) is 0.784. The van der Waals surface area contributed by atoms with Crippen molar-refractivity contribution in [1.82, 2.24) is 15.1 Å². The Balaban J connectivity index is 1.71. The van der Waals surface area contributed by atoms with Gasteiger partial charge in [-0.25, -0.2) is 0 Å². The summed E-state index contributed by atoms with van der Waals surface area (Å²) in [6.45, 7) is 4.30. The minimum Gasteiger partial charge on any atom is -0.497 e. The van der Waals surface area contributed by atoms with E-state index < -0.39 is 0 Å². The molecule has 0 bridgehead atoms. The van der Waals surface area contributed by atoms with Crippen LogP contribution in [0.1, 0.15) is 24.2 Å². The van der Waals surface area contributed by atoms with Gasteiger partial charge in [0.05, 0.1) is 18.3 Å². The number of carbonyl (C=O) groups is 1. The Morgan fingerprint density at radius 2 is 1.92 bits per heavy atom. The van der Waals surface area contributed by atoms with Gasteiger partial charge in [0, 0.05) is 11.9 Å². The van der Waals surface area contributed by atoms with Crippen LogP contribution in [0.2, 0.25) is 0 Å². The van der Waals surface area contributed by atoms with Gasteiger partial charge in [-0.3, -0.25) is 9.48 Å². The van der Waals surface area contributed by atoms with Crippen molar-refractivity contribution in [3.8, 4) is 5.75 Å². The van der Waals surface area contributed by atoms with Gasteiger partial charge in [0.1, 0.15) is 11.8 Å². The summed E-state index contributed by atoms with van der Waals surface area (Å²) < 4.78 is 6.92. The molecule has 0 spiro atoms. The second kappa shape index (κ2) is 6.74. The molecule has 0 aliphatic carbocycles. The van der Waals surface area contributed by atoms with E-state index in [-0.39, 0.29) is 11.9 Å². The highest BCUT2D eigenvalue weighted by Gasteiger charge is 2.18. The van der Waals surface area contributed by atoms with Crippen LogP contribution in [0.25, 0.3) is 10.9 Å². The van der Waals surface area contributed by atoms with Crippen molar-refractivity contribution in [2.24, 2.45) is 0 Å². The molecule has 0 saturated heterocycles. The number of fused-ring (bicyclic) bond motifs is 1. The number of rotatable bonds is 5. The second-order valence-electron chi connectivity index (χ2n) is 5.79. The highest BCUT2D eigenvalue weighted by molar-refractivity contribution is 5.86. The smallest absolute Gasteiger partial charge is 0.244 e. The van der Waals surface area contributed by atoms with Crippen molar-refractivity contribution in [1.29, 1.82) is 0 Å². The molecular formula is C19H21N3O2. The Morgan fingerprint density at radius 3 is 2.62 bits per heavy atom. The number of aromatic nitrogens is 2. The molecule has 1 aromatic heterocycles. The van der Waals surface area contributed by atoms with Crippen LogP contribution in [-0.4, -0.2) is 22.8 Å². The summed E-state index contributed by atoms with van der Waals surface area (Å²) in [5.41, 5.74) is 2.93. The van der Waals surface area contributed by atoms with Gasteiger partial charge in [0.2, 0.25) is 5.91 Å². The Morgan fingerprint density at radius 1 is 1.21 bits per heavy atom. The fourth-order valence-corrected chi connectivity index (χ4v) is 2.74. The molecule has 2 aromatic carbocycles. The van der Waals surface area contributed by atoms with Crippen molar-refractivity contribution in [2.75, 3.05) is 7.11 Å². The zero-order valence-corrected chi connectivity index (χ0v) is 14.1. The fourth-order valence-electron chi connectivity index (χ4n) is 2.74. The molecule has 0 radical (unpaired) electrons. The van der Waals surface area contributed by atoms with Crippen molar-refractivity contribution < 1.29 is 9.53 Å². The first kappa shape index (κ1) is 16.1. The number of methoxy groups -OCH3 is 1. The summed E-state index contributed by atoms with van der Waals surface area (Å²) in [5, 5.41) is 8.57. The van der Waals surface area contributed by atoms with Crippen molar-refractivity contribution in [3.63, 3.8) is 0 Å². The Kier molecular flexibility index (Phi) is 4.51. The average molecular weight is 323 g/mol. The number of nitrogens with zero attached hydrogens (tertiary/aromatic N) is 2. The molecule has 124 valence electrons. The summed E-state index contributed by atoms with van der Waals surface area (Å²) in [4.78, 5) is 12.5. The second-order valence-corrected chi connectivity index (χ2v) is 5.79. The SMILES string of the molecule is COc1ccc(CNC(=O)C(C)n2nc(C)c3ccccc32)cc1. The predicted octanol–water partition coefficient (Wildman–Crippen LogP) is 3.23. The average Bonchev–Trinajstić information content (AvgIpc) is 2.96. The van der Waals surface area contributed by atoms with Crippen LogP contribution in [0.15, 0.2) is 48.5 Å². The van der Waals surface area contributed by atoms with Crippen molar-refractivity contribution >= 4 is 16.8 Å². The molecule has 5 heteroatoms. The van der Waals surface area contributed by atoms with Crippen molar-refractivity contribution in [2.45, 2.75) is 26.4 Å². The third-order valence-electron chi connectivity index (χ3n) is 4.17. The molecular weight excluding hydrogens is 302 g/mol. The lowest BCUT2D eigenvalue weighted by Crippen LogP contribution is -2.31. The molecule has 1 heterocycles. The number of ether oxygens (including phenoxy) is 1. The minimum absolute atomic E-state index is 0.0564. The molecule has 3 aromatic rings. The third-order valence-corrected chi connectivity index (χ3v) is 4.17. The first-order chi connectivity index (χ1) is 11.6. The number of para-hydroxylation sites is 1. The molecule has 0 fully saturated rings. The molecule has 0 aliphatic rings. The Bertz CT molecular complexity index is 853. The van der Waals surface area contributed by atoms with Gasteiger partial charge in [-0.05, 0) is 37.6 Å². The van der Waals surface area contributed by atoms with Gasteiger partial charge < -0.3 is 10.1 Å². The summed E-state index contributed by atoms with van der Waals surface area (Å²) >= 11 is 0. The number of hydrogen-bond donors (Lipinski definition) is 1. The van der Waals surface area contributed by atoms with Gasteiger partial charge >= 0.3 is 0 Å². The minimum atomic E-state index is -0.373. The monoisotopic (exact) mass is 323 g/mol.